The second-order valence-corrected chi connectivity index (χ2v) is 5.46. The van der Waals surface area contributed by atoms with Crippen LogP contribution in [0.15, 0.2) is 30.3 Å². The fourth-order valence-electron chi connectivity index (χ4n) is 2.78. The molecule has 7 nitrogen and oxygen atoms in total. The molecule has 2 heterocycles. The molecule has 120 valence electrons. The number of nitrogens with one attached hydrogen (secondary N) is 1. The number of hydrogen-bond acceptors (Lipinski definition) is 6. The second-order valence-electron chi connectivity index (χ2n) is 5.46. The minimum Gasteiger partial charge on any atom is -0.388 e. The van der Waals surface area contributed by atoms with Crippen molar-refractivity contribution >= 4 is 5.91 Å². The highest BCUT2D eigenvalue weighted by molar-refractivity contribution is 5.73. The third-order valence-electron chi connectivity index (χ3n) is 3.83. The van der Waals surface area contributed by atoms with Gasteiger partial charge in [-0.1, -0.05) is 30.3 Å². The van der Waals surface area contributed by atoms with Gasteiger partial charge in [0, 0.05) is 12.5 Å². The van der Waals surface area contributed by atoms with Gasteiger partial charge in [0.05, 0.1) is 6.61 Å². The van der Waals surface area contributed by atoms with Crippen LogP contribution >= 0.6 is 0 Å². The predicted octanol–water partition coefficient (Wildman–Crippen LogP) is -0.317. The van der Waals surface area contributed by atoms with Gasteiger partial charge in [-0.2, -0.15) is 0 Å². The Morgan fingerprint density at radius 1 is 1.23 bits per heavy atom. The summed E-state index contributed by atoms with van der Waals surface area (Å²) < 4.78 is 16.8. The zero-order chi connectivity index (χ0) is 15.7. The summed E-state index contributed by atoms with van der Waals surface area (Å²) in [7, 11) is 0. The van der Waals surface area contributed by atoms with Crippen molar-refractivity contribution in [3.63, 3.8) is 0 Å². The molecule has 0 spiro atoms. The minimum atomic E-state index is -1.30. The maximum atomic E-state index is 11.2. The molecule has 0 saturated carbocycles. The smallest absolute Gasteiger partial charge is 0.217 e. The third kappa shape index (κ3) is 2.99. The fourth-order valence-corrected chi connectivity index (χ4v) is 2.78. The Kier molecular flexibility index (Phi) is 4.42. The van der Waals surface area contributed by atoms with Gasteiger partial charge in [-0.05, 0) is 0 Å². The molecule has 0 aliphatic carbocycles. The molecule has 3 N–H and O–H groups in total. The largest absolute Gasteiger partial charge is 0.388 e. The quantitative estimate of drug-likeness (QED) is 0.693. The van der Waals surface area contributed by atoms with Crippen molar-refractivity contribution in [3.8, 4) is 0 Å². The van der Waals surface area contributed by atoms with Crippen molar-refractivity contribution in [2.75, 3.05) is 6.61 Å². The van der Waals surface area contributed by atoms with Gasteiger partial charge in [0.25, 0.3) is 0 Å². The van der Waals surface area contributed by atoms with Crippen LogP contribution in [0.4, 0.5) is 0 Å². The molecule has 2 unspecified atom stereocenters. The Hall–Kier alpha value is -1.51. The van der Waals surface area contributed by atoms with Gasteiger partial charge in [0.15, 0.2) is 12.6 Å². The summed E-state index contributed by atoms with van der Waals surface area (Å²) in [5.41, 5.74) is 0.829. The standard InChI is InChI=1S/C15H19NO6/c1-8(17)16-11-12(18)13-10(21-14(11)19)7-20-15(22-13)9-5-3-2-4-6-9/h2-6,10-15,18-19H,7H2,1H3,(H,16,17)/t10-,11+,12+,13+,14?,15?/m0/s1. The number of rotatable bonds is 2. The summed E-state index contributed by atoms with van der Waals surface area (Å²) >= 11 is 0. The average molecular weight is 309 g/mol. The van der Waals surface area contributed by atoms with Crippen LogP contribution in [0.3, 0.4) is 0 Å². The van der Waals surface area contributed by atoms with Gasteiger partial charge in [-0.15, -0.1) is 0 Å². The van der Waals surface area contributed by atoms with E-state index in [-0.39, 0.29) is 12.5 Å². The van der Waals surface area contributed by atoms with Crippen LogP contribution in [0.1, 0.15) is 18.8 Å². The molecule has 6 atom stereocenters. The van der Waals surface area contributed by atoms with E-state index >= 15 is 0 Å². The van der Waals surface area contributed by atoms with E-state index in [4.69, 9.17) is 14.2 Å². The van der Waals surface area contributed by atoms with Crippen molar-refractivity contribution in [2.24, 2.45) is 0 Å². The highest BCUT2D eigenvalue weighted by Crippen LogP contribution is 2.33. The average Bonchev–Trinajstić information content (AvgIpc) is 2.52. The molecule has 1 aromatic rings. The lowest BCUT2D eigenvalue weighted by Gasteiger charge is -2.46. The SMILES string of the molecule is CC(=O)N[C@H]1C(O)O[C@H]2COC(c3ccccc3)O[C@H]2[C@@H]1O. The lowest BCUT2D eigenvalue weighted by molar-refractivity contribution is -0.337. The van der Waals surface area contributed by atoms with E-state index in [1.807, 2.05) is 30.3 Å². The van der Waals surface area contributed by atoms with Gasteiger partial charge in [0.1, 0.15) is 24.4 Å². The van der Waals surface area contributed by atoms with Crippen molar-refractivity contribution in [2.45, 2.75) is 43.9 Å². The molecule has 2 aliphatic rings. The van der Waals surface area contributed by atoms with Gasteiger partial charge < -0.3 is 29.7 Å². The monoisotopic (exact) mass is 309 g/mol. The molecule has 0 radical (unpaired) electrons. The van der Waals surface area contributed by atoms with Crippen molar-refractivity contribution in [1.82, 2.24) is 5.32 Å². The fraction of sp³-hybridized carbons (Fsp3) is 0.533. The zero-order valence-electron chi connectivity index (χ0n) is 12.1. The normalized spacial score (nSPS) is 38.1. The van der Waals surface area contributed by atoms with E-state index in [9.17, 15) is 15.0 Å². The molecule has 1 amide bonds. The first-order valence-electron chi connectivity index (χ1n) is 7.17. The maximum absolute atomic E-state index is 11.2. The summed E-state index contributed by atoms with van der Waals surface area (Å²) in [5, 5.41) is 22.8. The first-order chi connectivity index (χ1) is 10.6. The highest BCUT2D eigenvalue weighted by Gasteiger charge is 2.49. The molecule has 22 heavy (non-hydrogen) atoms. The summed E-state index contributed by atoms with van der Waals surface area (Å²) in [6.45, 7) is 1.49. The maximum Gasteiger partial charge on any atom is 0.217 e. The number of aliphatic hydroxyl groups is 2. The highest BCUT2D eigenvalue weighted by atomic mass is 16.7. The third-order valence-corrected chi connectivity index (χ3v) is 3.83. The Bertz CT molecular complexity index is 524. The van der Waals surface area contributed by atoms with Gasteiger partial charge >= 0.3 is 0 Å². The van der Waals surface area contributed by atoms with Gasteiger partial charge in [-0.3, -0.25) is 4.79 Å². The summed E-state index contributed by atoms with van der Waals surface area (Å²) in [6, 6.07) is 8.41. The van der Waals surface area contributed by atoms with Crippen LogP contribution in [-0.2, 0) is 19.0 Å². The van der Waals surface area contributed by atoms with Gasteiger partial charge in [0.2, 0.25) is 5.91 Å². The molecule has 0 bridgehead atoms. The predicted molar refractivity (Wildman–Crippen MR) is 74.5 cm³/mol. The number of ether oxygens (including phenoxy) is 3. The van der Waals surface area contributed by atoms with Crippen molar-refractivity contribution in [3.05, 3.63) is 35.9 Å². The zero-order valence-corrected chi connectivity index (χ0v) is 12.1. The summed E-state index contributed by atoms with van der Waals surface area (Å²) in [6.07, 6.45) is -4.29. The Morgan fingerprint density at radius 3 is 2.64 bits per heavy atom. The first-order valence-corrected chi connectivity index (χ1v) is 7.17. The number of aliphatic hydroxyl groups excluding tert-OH is 2. The molecular formula is C15H19NO6. The van der Waals surface area contributed by atoms with E-state index < -0.39 is 36.9 Å². The van der Waals surface area contributed by atoms with Crippen molar-refractivity contribution < 1.29 is 29.2 Å². The molecule has 0 aromatic heterocycles. The van der Waals surface area contributed by atoms with Crippen LogP contribution in [-0.4, -0.2) is 53.4 Å². The lowest BCUT2D eigenvalue weighted by atomic mass is 9.96. The topological polar surface area (TPSA) is 97.3 Å². The van der Waals surface area contributed by atoms with E-state index in [0.29, 0.717) is 0 Å². The van der Waals surface area contributed by atoms with E-state index in [2.05, 4.69) is 5.32 Å². The molecule has 2 aliphatic heterocycles. The van der Waals surface area contributed by atoms with Gasteiger partial charge in [-0.25, -0.2) is 0 Å². The van der Waals surface area contributed by atoms with E-state index in [1.54, 1.807) is 0 Å². The van der Waals surface area contributed by atoms with E-state index in [0.717, 1.165) is 5.56 Å². The second kappa shape index (κ2) is 6.31. The van der Waals surface area contributed by atoms with Crippen LogP contribution in [0.5, 0.6) is 0 Å². The molecule has 3 rings (SSSR count). The summed E-state index contributed by atoms with van der Waals surface area (Å²) in [5.74, 6) is -0.364. The van der Waals surface area contributed by atoms with Crippen LogP contribution in [0.25, 0.3) is 0 Å². The minimum absolute atomic E-state index is 0.186. The lowest BCUT2D eigenvalue weighted by Crippen LogP contribution is -2.66. The molecule has 2 fully saturated rings. The number of fused-ring (bicyclic) bond motifs is 1. The molecule has 7 heteroatoms. The number of amides is 1. The number of carbonyl (C=O) groups excluding carboxylic acids is 1. The molecule has 2 saturated heterocycles. The Labute approximate surface area is 127 Å². The van der Waals surface area contributed by atoms with Crippen LogP contribution in [0, 0.1) is 0 Å². The number of benzene rings is 1. The molecule has 1 aromatic carbocycles. The number of hydrogen-bond donors (Lipinski definition) is 3. The molecular weight excluding hydrogens is 290 g/mol. The Morgan fingerprint density at radius 2 is 1.95 bits per heavy atom. The number of carbonyl (C=O) groups is 1. The van der Waals surface area contributed by atoms with Crippen LogP contribution in [0.2, 0.25) is 0 Å². The first kappa shape index (κ1) is 15.4. The van der Waals surface area contributed by atoms with Crippen LogP contribution < -0.4 is 5.32 Å². The Balaban J connectivity index is 1.75. The van der Waals surface area contributed by atoms with E-state index in [1.165, 1.54) is 6.92 Å². The van der Waals surface area contributed by atoms with Crippen molar-refractivity contribution in [1.29, 1.82) is 0 Å². The summed E-state index contributed by atoms with van der Waals surface area (Å²) in [4.78, 5) is 11.2.